The lowest BCUT2D eigenvalue weighted by molar-refractivity contribution is 0.579. The summed E-state index contributed by atoms with van der Waals surface area (Å²) in [6.07, 6.45) is 0.982. The van der Waals surface area contributed by atoms with Gasteiger partial charge in [0.05, 0.1) is 0 Å². The van der Waals surface area contributed by atoms with E-state index in [0.717, 1.165) is 11.8 Å². The van der Waals surface area contributed by atoms with Crippen molar-refractivity contribution in [2.45, 2.75) is 12.8 Å². The summed E-state index contributed by atoms with van der Waals surface area (Å²) >= 11 is 11.4. The maximum absolute atomic E-state index is 13.2. The SMILES string of the molecule is Fc1cc(F)cc(CCc2cc(Nc3nc(Cl)nc(Cl)n3)n[nH]2)c1. The number of hydrogen-bond donors (Lipinski definition) is 2. The number of aryl methyl sites for hydroxylation is 2. The Morgan fingerprint density at radius 3 is 2.25 bits per heavy atom. The van der Waals surface area contributed by atoms with Gasteiger partial charge in [-0.3, -0.25) is 5.10 Å². The molecule has 3 rings (SSSR count). The zero-order valence-corrected chi connectivity index (χ0v) is 13.5. The number of halogens is 4. The van der Waals surface area contributed by atoms with E-state index >= 15 is 0 Å². The molecular weight excluding hydrogens is 361 g/mol. The molecule has 0 aliphatic rings. The van der Waals surface area contributed by atoms with E-state index in [2.05, 4.69) is 30.5 Å². The number of anilines is 2. The van der Waals surface area contributed by atoms with Crippen LogP contribution in [0.3, 0.4) is 0 Å². The maximum Gasteiger partial charge on any atom is 0.234 e. The van der Waals surface area contributed by atoms with Crippen LogP contribution in [-0.2, 0) is 12.8 Å². The van der Waals surface area contributed by atoms with Crippen LogP contribution in [0.1, 0.15) is 11.3 Å². The monoisotopic (exact) mass is 370 g/mol. The van der Waals surface area contributed by atoms with Crippen molar-refractivity contribution in [2.24, 2.45) is 0 Å². The zero-order chi connectivity index (χ0) is 17.1. The Labute approximate surface area is 145 Å². The van der Waals surface area contributed by atoms with Crippen LogP contribution in [0.25, 0.3) is 0 Å². The van der Waals surface area contributed by atoms with Gasteiger partial charge in [-0.15, -0.1) is 0 Å². The molecule has 6 nitrogen and oxygen atoms in total. The highest BCUT2D eigenvalue weighted by atomic mass is 35.5. The zero-order valence-electron chi connectivity index (χ0n) is 12.0. The first-order chi connectivity index (χ1) is 11.5. The van der Waals surface area contributed by atoms with Crippen LogP contribution in [0, 0.1) is 11.6 Å². The molecule has 2 aromatic heterocycles. The molecular formula is C14H10Cl2F2N6. The van der Waals surface area contributed by atoms with Crippen molar-refractivity contribution < 1.29 is 8.78 Å². The molecule has 0 spiro atoms. The minimum absolute atomic E-state index is 0.0404. The summed E-state index contributed by atoms with van der Waals surface area (Å²) in [7, 11) is 0. The first kappa shape index (κ1) is 16.5. The van der Waals surface area contributed by atoms with E-state index in [1.165, 1.54) is 12.1 Å². The smallest absolute Gasteiger partial charge is 0.234 e. The van der Waals surface area contributed by atoms with Crippen molar-refractivity contribution in [3.05, 3.63) is 57.7 Å². The number of nitrogens with one attached hydrogen (secondary N) is 2. The number of H-pyrrole nitrogens is 1. The van der Waals surface area contributed by atoms with Crippen LogP contribution in [0.4, 0.5) is 20.5 Å². The molecule has 0 bridgehead atoms. The summed E-state index contributed by atoms with van der Waals surface area (Å²) in [4.78, 5) is 11.4. The fourth-order valence-corrected chi connectivity index (χ4v) is 2.45. The largest absolute Gasteiger partial charge is 0.307 e. The fraction of sp³-hybridized carbons (Fsp3) is 0.143. The second-order valence-electron chi connectivity index (χ2n) is 4.88. The predicted molar refractivity (Wildman–Crippen MR) is 85.5 cm³/mol. The quantitative estimate of drug-likeness (QED) is 0.715. The third-order valence-corrected chi connectivity index (χ3v) is 3.40. The Hall–Kier alpha value is -2.32. The van der Waals surface area contributed by atoms with Crippen molar-refractivity contribution in [3.8, 4) is 0 Å². The Bertz CT molecular complexity index is 830. The normalized spacial score (nSPS) is 10.8. The van der Waals surface area contributed by atoms with E-state index in [1.54, 1.807) is 6.07 Å². The van der Waals surface area contributed by atoms with Crippen LogP contribution in [0.5, 0.6) is 0 Å². The van der Waals surface area contributed by atoms with Gasteiger partial charge >= 0.3 is 0 Å². The molecule has 0 aliphatic heterocycles. The van der Waals surface area contributed by atoms with Crippen molar-refractivity contribution in [3.63, 3.8) is 0 Å². The van der Waals surface area contributed by atoms with Crippen LogP contribution < -0.4 is 5.32 Å². The molecule has 10 heteroatoms. The Morgan fingerprint density at radius 1 is 0.917 bits per heavy atom. The van der Waals surface area contributed by atoms with E-state index < -0.39 is 11.6 Å². The first-order valence-corrected chi connectivity index (χ1v) is 7.57. The van der Waals surface area contributed by atoms with Gasteiger partial charge < -0.3 is 5.32 Å². The molecule has 2 N–H and O–H groups in total. The Balaban J connectivity index is 1.65. The van der Waals surface area contributed by atoms with Crippen LogP contribution in [0.15, 0.2) is 24.3 Å². The highest BCUT2D eigenvalue weighted by Gasteiger charge is 2.07. The van der Waals surface area contributed by atoms with E-state index in [-0.39, 0.29) is 16.5 Å². The second kappa shape index (κ2) is 7.06. The molecule has 0 radical (unpaired) electrons. The van der Waals surface area contributed by atoms with Crippen molar-refractivity contribution in [1.29, 1.82) is 0 Å². The standard InChI is InChI=1S/C14H10Cl2F2N6/c15-12-20-13(16)22-14(21-12)19-11-6-10(23-24-11)2-1-7-3-8(17)5-9(18)4-7/h3-6H,1-2H2,(H2,19,20,21,22,23,24). The van der Waals surface area contributed by atoms with Gasteiger partial charge in [-0.05, 0) is 53.7 Å². The Kier molecular flexibility index (Phi) is 4.86. The van der Waals surface area contributed by atoms with Crippen molar-refractivity contribution >= 4 is 35.0 Å². The van der Waals surface area contributed by atoms with Gasteiger partial charge in [-0.2, -0.15) is 20.1 Å². The molecule has 0 saturated heterocycles. The van der Waals surface area contributed by atoms with Gasteiger partial charge in [0.1, 0.15) is 11.6 Å². The number of aromatic nitrogens is 5. The summed E-state index contributed by atoms with van der Waals surface area (Å²) in [5.41, 5.74) is 1.33. The Morgan fingerprint density at radius 2 is 1.58 bits per heavy atom. The highest BCUT2D eigenvalue weighted by Crippen LogP contribution is 2.16. The van der Waals surface area contributed by atoms with Crippen LogP contribution in [0.2, 0.25) is 10.6 Å². The van der Waals surface area contributed by atoms with Gasteiger partial charge in [0.15, 0.2) is 5.82 Å². The van der Waals surface area contributed by atoms with Crippen LogP contribution >= 0.6 is 23.2 Å². The van der Waals surface area contributed by atoms with Crippen molar-refractivity contribution in [2.75, 3.05) is 5.32 Å². The third-order valence-electron chi connectivity index (χ3n) is 3.06. The number of aromatic amines is 1. The fourth-order valence-electron chi connectivity index (χ4n) is 2.08. The lowest BCUT2D eigenvalue weighted by Gasteiger charge is -2.01. The van der Waals surface area contributed by atoms with Gasteiger partial charge in [0.25, 0.3) is 0 Å². The molecule has 0 atom stereocenters. The number of hydrogen-bond acceptors (Lipinski definition) is 5. The number of benzene rings is 1. The predicted octanol–water partition coefficient (Wildman–Crippen LogP) is 3.71. The first-order valence-electron chi connectivity index (χ1n) is 6.81. The molecule has 0 aliphatic carbocycles. The second-order valence-corrected chi connectivity index (χ2v) is 5.55. The van der Waals surface area contributed by atoms with E-state index in [9.17, 15) is 8.78 Å². The minimum atomic E-state index is -0.597. The average molecular weight is 371 g/mol. The topological polar surface area (TPSA) is 79.4 Å². The number of rotatable bonds is 5. The lowest BCUT2D eigenvalue weighted by atomic mass is 10.1. The summed E-state index contributed by atoms with van der Waals surface area (Å²) in [6.45, 7) is 0. The molecule has 0 fully saturated rings. The van der Waals surface area contributed by atoms with E-state index in [0.29, 0.717) is 24.2 Å². The van der Waals surface area contributed by atoms with Crippen molar-refractivity contribution in [1.82, 2.24) is 25.1 Å². The van der Waals surface area contributed by atoms with Gasteiger partial charge in [0.2, 0.25) is 16.5 Å². The lowest BCUT2D eigenvalue weighted by Crippen LogP contribution is -1.99. The molecule has 3 aromatic rings. The summed E-state index contributed by atoms with van der Waals surface area (Å²) in [6, 6.07) is 5.16. The number of nitrogens with zero attached hydrogens (tertiary/aromatic N) is 4. The van der Waals surface area contributed by atoms with E-state index in [1.807, 2.05) is 0 Å². The summed E-state index contributed by atoms with van der Waals surface area (Å²) < 4.78 is 26.3. The molecule has 2 heterocycles. The minimum Gasteiger partial charge on any atom is -0.307 e. The van der Waals surface area contributed by atoms with Gasteiger partial charge in [0, 0.05) is 17.8 Å². The maximum atomic E-state index is 13.2. The summed E-state index contributed by atoms with van der Waals surface area (Å²) in [5.74, 6) is -0.583. The van der Waals surface area contributed by atoms with Gasteiger partial charge in [-0.25, -0.2) is 8.78 Å². The van der Waals surface area contributed by atoms with Crippen LogP contribution in [-0.4, -0.2) is 25.1 Å². The molecule has 0 saturated carbocycles. The summed E-state index contributed by atoms with van der Waals surface area (Å²) in [5, 5.41) is 9.61. The third kappa shape index (κ3) is 4.36. The molecule has 0 amide bonds. The van der Waals surface area contributed by atoms with Gasteiger partial charge in [-0.1, -0.05) is 0 Å². The highest BCUT2D eigenvalue weighted by molar-refractivity contribution is 6.31. The molecule has 0 unspecified atom stereocenters. The molecule has 24 heavy (non-hydrogen) atoms. The average Bonchev–Trinajstić information content (AvgIpc) is 2.90. The molecule has 124 valence electrons. The molecule has 1 aromatic carbocycles. The van der Waals surface area contributed by atoms with E-state index in [4.69, 9.17) is 23.2 Å².